The first-order chi connectivity index (χ1) is 8.60. The largest absolute Gasteiger partial charge is 0.396 e. The second kappa shape index (κ2) is 6.97. The fourth-order valence-corrected chi connectivity index (χ4v) is 1.81. The van der Waals surface area contributed by atoms with Gasteiger partial charge in [0.05, 0.1) is 17.3 Å². The Labute approximate surface area is 107 Å². The van der Waals surface area contributed by atoms with Crippen LogP contribution in [0.5, 0.6) is 0 Å². The van der Waals surface area contributed by atoms with Crippen LogP contribution in [0.3, 0.4) is 0 Å². The van der Waals surface area contributed by atoms with Crippen LogP contribution >= 0.6 is 0 Å². The number of anilines is 1. The number of aliphatic hydroxyl groups excluding tert-OH is 1. The Morgan fingerprint density at radius 2 is 2.22 bits per heavy atom. The predicted octanol–water partition coefficient (Wildman–Crippen LogP) is 2.91. The quantitative estimate of drug-likeness (QED) is 0.816. The number of rotatable bonds is 6. The van der Waals surface area contributed by atoms with Gasteiger partial charge in [-0.25, -0.2) is 4.39 Å². The van der Waals surface area contributed by atoms with E-state index in [1.165, 1.54) is 6.07 Å². The van der Waals surface area contributed by atoms with Crippen molar-refractivity contribution in [3.05, 3.63) is 29.6 Å². The molecule has 0 aliphatic rings. The van der Waals surface area contributed by atoms with Gasteiger partial charge in [0, 0.05) is 12.6 Å². The molecule has 0 radical (unpaired) electrons. The topological polar surface area (TPSA) is 56.0 Å². The summed E-state index contributed by atoms with van der Waals surface area (Å²) in [5.41, 5.74) is 0.723. The van der Waals surface area contributed by atoms with Crippen LogP contribution in [-0.2, 0) is 0 Å². The molecular formula is C14H19FN2O. The lowest BCUT2D eigenvalue weighted by atomic mass is 10.0. The standard InChI is InChI=1S/C14H19FN2O/c1-3-12(6-10(2)9-18)17-14-5-4-11(8-16)7-13(14)15/h4-5,7,10,12,17-18H,3,6,9H2,1-2H3/t10-,12+/m1/s1. The summed E-state index contributed by atoms with van der Waals surface area (Å²) in [4.78, 5) is 0. The Balaban J connectivity index is 2.73. The van der Waals surface area contributed by atoms with Crippen LogP contribution in [-0.4, -0.2) is 17.8 Å². The smallest absolute Gasteiger partial charge is 0.147 e. The minimum Gasteiger partial charge on any atom is -0.396 e. The van der Waals surface area contributed by atoms with Crippen molar-refractivity contribution in [1.82, 2.24) is 0 Å². The van der Waals surface area contributed by atoms with Crippen molar-refractivity contribution in [3.63, 3.8) is 0 Å². The summed E-state index contributed by atoms with van der Waals surface area (Å²) >= 11 is 0. The summed E-state index contributed by atoms with van der Waals surface area (Å²) in [6.45, 7) is 4.11. The average molecular weight is 250 g/mol. The number of hydrogen-bond acceptors (Lipinski definition) is 3. The van der Waals surface area contributed by atoms with Crippen molar-refractivity contribution in [2.45, 2.75) is 32.7 Å². The van der Waals surface area contributed by atoms with Gasteiger partial charge < -0.3 is 10.4 Å². The van der Waals surface area contributed by atoms with Crippen molar-refractivity contribution < 1.29 is 9.50 Å². The highest BCUT2D eigenvalue weighted by Crippen LogP contribution is 2.19. The fourth-order valence-electron chi connectivity index (χ4n) is 1.81. The zero-order valence-corrected chi connectivity index (χ0v) is 10.8. The fraction of sp³-hybridized carbons (Fsp3) is 0.500. The Kier molecular flexibility index (Phi) is 5.60. The van der Waals surface area contributed by atoms with E-state index in [1.807, 2.05) is 19.9 Å². The first-order valence-electron chi connectivity index (χ1n) is 6.17. The lowest BCUT2D eigenvalue weighted by Crippen LogP contribution is -2.23. The summed E-state index contributed by atoms with van der Waals surface area (Å²) in [7, 11) is 0. The van der Waals surface area contributed by atoms with Crippen LogP contribution in [0.1, 0.15) is 32.3 Å². The van der Waals surface area contributed by atoms with Gasteiger partial charge in [0.2, 0.25) is 0 Å². The van der Waals surface area contributed by atoms with E-state index in [9.17, 15) is 4.39 Å². The maximum absolute atomic E-state index is 13.7. The van der Waals surface area contributed by atoms with E-state index in [-0.39, 0.29) is 18.6 Å². The average Bonchev–Trinajstić information content (AvgIpc) is 2.39. The molecule has 4 heteroatoms. The van der Waals surface area contributed by atoms with Gasteiger partial charge in [-0.2, -0.15) is 5.26 Å². The van der Waals surface area contributed by atoms with E-state index >= 15 is 0 Å². The summed E-state index contributed by atoms with van der Waals surface area (Å²) in [6.07, 6.45) is 1.64. The molecule has 0 saturated heterocycles. The van der Waals surface area contributed by atoms with E-state index < -0.39 is 5.82 Å². The lowest BCUT2D eigenvalue weighted by Gasteiger charge is -2.21. The van der Waals surface area contributed by atoms with Crippen LogP contribution in [0.2, 0.25) is 0 Å². The van der Waals surface area contributed by atoms with Crippen molar-refractivity contribution in [1.29, 1.82) is 5.26 Å². The molecule has 0 aliphatic heterocycles. The van der Waals surface area contributed by atoms with E-state index in [0.717, 1.165) is 12.8 Å². The maximum Gasteiger partial charge on any atom is 0.147 e. The molecule has 18 heavy (non-hydrogen) atoms. The number of nitriles is 1. The minimum absolute atomic E-state index is 0.120. The van der Waals surface area contributed by atoms with Gasteiger partial charge in [0.25, 0.3) is 0 Å². The molecule has 1 aromatic rings. The Morgan fingerprint density at radius 3 is 2.72 bits per heavy atom. The van der Waals surface area contributed by atoms with Gasteiger partial charge in [0.15, 0.2) is 0 Å². The van der Waals surface area contributed by atoms with E-state index in [1.54, 1.807) is 12.1 Å². The molecule has 2 N–H and O–H groups in total. The second-order valence-electron chi connectivity index (χ2n) is 4.58. The van der Waals surface area contributed by atoms with E-state index in [2.05, 4.69) is 5.32 Å². The number of halogens is 1. The first-order valence-corrected chi connectivity index (χ1v) is 6.17. The molecule has 0 fully saturated rings. The van der Waals surface area contributed by atoms with Gasteiger partial charge in [-0.15, -0.1) is 0 Å². The van der Waals surface area contributed by atoms with Crippen LogP contribution in [0.4, 0.5) is 10.1 Å². The van der Waals surface area contributed by atoms with Crippen molar-refractivity contribution >= 4 is 5.69 Å². The monoisotopic (exact) mass is 250 g/mol. The number of nitrogens with one attached hydrogen (secondary N) is 1. The van der Waals surface area contributed by atoms with E-state index in [0.29, 0.717) is 11.3 Å². The van der Waals surface area contributed by atoms with Crippen molar-refractivity contribution in [2.75, 3.05) is 11.9 Å². The SMILES string of the molecule is CC[C@@H](C[C@@H](C)CO)Nc1ccc(C#N)cc1F. The normalized spacial score (nSPS) is 13.7. The molecule has 2 atom stereocenters. The van der Waals surface area contributed by atoms with E-state index in [4.69, 9.17) is 10.4 Å². The molecule has 0 bridgehead atoms. The number of aliphatic hydroxyl groups is 1. The molecule has 1 aromatic carbocycles. The van der Waals surface area contributed by atoms with Gasteiger partial charge in [-0.1, -0.05) is 13.8 Å². The molecule has 0 spiro atoms. The summed E-state index contributed by atoms with van der Waals surface area (Å²) in [5.74, 6) is -0.229. The molecule has 0 aliphatic carbocycles. The van der Waals surface area contributed by atoms with Crippen molar-refractivity contribution in [3.8, 4) is 6.07 Å². The third-order valence-electron chi connectivity index (χ3n) is 2.95. The van der Waals surface area contributed by atoms with Gasteiger partial charge in [-0.05, 0) is 37.0 Å². The van der Waals surface area contributed by atoms with Gasteiger partial charge in [0.1, 0.15) is 5.82 Å². The number of hydrogen-bond donors (Lipinski definition) is 2. The van der Waals surface area contributed by atoms with Crippen LogP contribution in [0.15, 0.2) is 18.2 Å². The number of nitrogens with zero attached hydrogens (tertiary/aromatic N) is 1. The Morgan fingerprint density at radius 1 is 1.50 bits per heavy atom. The van der Waals surface area contributed by atoms with Crippen LogP contribution in [0.25, 0.3) is 0 Å². The Bertz CT molecular complexity index is 428. The molecule has 1 rings (SSSR count). The molecule has 0 heterocycles. The highest BCUT2D eigenvalue weighted by atomic mass is 19.1. The van der Waals surface area contributed by atoms with Crippen LogP contribution in [0, 0.1) is 23.1 Å². The first kappa shape index (κ1) is 14.5. The third kappa shape index (κ3) is 4.01. The second-order valence-corrected chi connectivity index (χ2v) is 4.58. The highest BCUT2D eigenvalue weighted by Gasteiger charge is 2.13. The molecule has 0 aromatic heterocycles. The molecule has 98 valence electrons. The highest BCUT2D eigenvalue weighted by molar-refractivity contribution is 5.49. The summed E-state index contributed by atoms with van der Waals surface area (Å²) in [6, 6.07) is 6.42. The maximum atomic E-state index is 13.7. The third-order valence-corrected chi connectivity index (χ3v) is 2.95. The lowest BCUT2D eigenvalue weighted by molar-refractivity contribution is 0.224. The van der Waals surface area contributed by atoms with Crippen molar-refractivity contribution in [2.24, 2.45) is 5.92 Å². The Hall–Kier alpha value is -1.60. The predicted molar refractivity (Wildman–Crippen MR) is 69.7 cm³/mol. The summed E-state index contributed by atoms with van der Waals surface area (Å²) < 4.78 is 13.7. The minimum atomic E-state index is -0.413. The molecule has 0 saturated carbocycles. The molecule has 0 amide bonds. The zero-order valence-electron chi connectivity index (χ0n) is 10.8. The summed E-state index contributed by atoms with van der Waals surface area (Å²) in [5, 5.41) is 20.8. The zero-order chi connectivity index (χ0) is 13.5. The van der Waals surface area contributed by atoms with Gasteiger partial charge in [-0.3, -0.25) is 0 Å². The molecular weight excluding hydrogens is 231 g/mol. The van der Waals surface area contributed by atoms with Crippen LogP contribution < -0.4 is 5.32 Å². The molecule has 0 unspecified atom stereocenters. The molecule has 3 nitrogen and oxygen atoms in total. The van der Waals surface area contributed by atoms with Gasteiger partial charge >= 0.3 is 0 Å². The number of benzene rings is 1.